The Labute approximate surface area is 197 Å². The maximum atomic E-state index is 7.69. The SMILES string of the molecule is [2H]CC(CCC)Oc1nc(N)c2ncc(Cc3cnc(N4CCC(N(C)C)CC4)c(C)c3)n2n1. The van der Waals surface area contributed by atoms with Gasteiger partial charge in [0, 0.05) is 33.1 Å². The largest absolute Gasteiger partial charge is 0.459 e. The molecule has 1 fully saturated rings. The number of ether oxygens (including phenoxy) is 1. The first-order valence-electron chi connectivity index (χ1n) is 12.4. The van der Waals surface area contributed by atoms with Gasteiger partial charge in [0.1, 0.15) is 5.82 Å². The average Bonchev–Trinajstić information content (AvgIpc) is 3.22. The van der Waals surface area contributed by atoms with Crippen molar-refractivity contribution in [2.75, 3.05) is 37.8 Å². The van der Waals surface area contributed by atoms with E-state index in [9.17, 15) is 0 Å². The van der Waals surface area contributed by atoms with Crippen LogP contribution < -0.4 is 15.4 Å². The molecule has 9 heteroatoms. The molecule has 2 N–H and O–H groups in total. The minimum Gasteiger partial charge on any atom is -0.459 e. The Morgan fingerprint density at radius 2 is 2.06 bits per heavy atom. The summed E-state index contributed by atoms with van der Waals surface area (Å²) in [4.78, 5) is 18.2. The number of pyridine rings is 1. The lowest BCUT2D eigenvalue weighted by Crippen LogP contribution is -2.42. The van der Waals surface area contributed by atoms with Crippen LogP contribution in [0.25, 0.3) is 5.65 Å². The molecule has 4 rings (SSSR count). The average molecular weight is 454 g/mol. The summed E-state index contributed by atoms with van der Waals surface area (Å²) in [6, 6.07) is 3.02. The third kappa shape index (κ3) is 5.19. The third-order valence-corrected chi connectivity index (χ3v) is 6.31. The van der Waals surface area contributed by atoms with Crippen LogP contribution in [0.2, 0.25) is 0 Å². The van der Waals surface area contributed by atoms with E-state index in [2.05, 4.69) is 58.9 Å². The molecule has 3 aromatic heterocycles. The number of nitrogen functional groups attached to an aromatic ring is 1. The highest BCUT2D eigenvalue weighted by Crippen LogP contribution is 2.25. The van der Waals surface area contributed by atoms with Crippen LogP contribution in [0.3, 0.4) is 0 Å². The summed E-state index contributed by atoms with van der Waals surface area (Å²) in [5, 5.41) is 4.52. The predicted molar refractivity (Wildman–Crippen MR) is 131 cm³/mol. The lowest BCUT2D eigenvalue weighted by Gasteiger charge is -2.36. The van der Waals surface area contributed by atoms with Gasteiger partial charge in [-0.1, -0.05) is 19.4 Å². The van der Waals surface area contributed by atoms with Gasteiger partial charge >= 0.3 is 6.01 Å². The van der Waals surface area contributed by atoms with E-state index in [0.29, 0.717) is 18.1 Å². The van der Waals surface area contributed by atoms with Crippen LogP contribution in [-0.4, -0.2) is 68.8 Å². The molecule has 0 radical (unpaired) electrons. The number of aryl methyl sites for hydroxylation is 1. The molecule has 178 valence electrons. The molecule has 9 nitrogen and oxygen atoms in total. The lowest BCUT2D eigenvalue weighted by atomic mass is 10.0. The van der Waals surface area contributed by atoms with E-state index < -0.39 is 0 Å². The number of piperidine rings is 1. The standard InChI is InChI=1S/C24H36N8O/c1-6-7-17(3)33-24-28-21(25)23-27-15-20(32(23)29-24)13-18-12-16(2)22(26-14-18)31-10-8-19(9-11-31)30(4)5/h12,14-15,17,19H,6-11,13H2,1-5H3,(H2,25,28,29)/i3D. The van der Waals surface area contributed by atoms with E-state index in [-0.39, 0.29) is 24.8 Å². The van der Waals surface area contributed by atoms with Crippen molar-refractivity contribution in [1.29, 1.82) is 0 Å². The Kier molecular flexibility index (Phi) is 6.57. The highest BCUT2D eigenvalue weighted by molar-refractivity contribution is 5.60. The van der Waals surface area contributed by atoms with Crippen molar-refractivity contribution in [3.8, 4) is 6.01 Å². The number of rotatable bonds is 8. The first-order valence-corrected chi connectivity index (χ1v) is 11.7. The number of nitrogens with zero attached hydrogens (tertiary/aromatic N) is 7. The van der Waals surface area contributed by atoms with Crippen molar-refractivity contribution >= 4 is 17.3 Å². The smallest absolute Gasteiger partial charge is 0.336 e. The fourth-order valence-electron chi connectivity index (χ4n) is 4.49. The van der Waals surface area contributed by atoms with Gasteiger partial charge in [-0.05, 0) is 58.3 Å². The Morgan fingerprint density at radius 1 is 1.27 bits per heavy atom. The predicted octanol–water partition coefficient (Wildman–Crippen LogP) is 3.10. The Hall–Kier alpha value is -2.94. The number of imidazole rings is 1. The molecule has 4 heterocycles. The highest BCUT2D eigenvalue weighted by atomic mass is 16.5. The second-order valence-electron chi connectivity index (χ2n) is 9.14. The van der Waals surface area contributed by atoms with Gasteiger partial charge in [-0.15, -0.1) is 5.10 Å². The number of aromatic nitrogens is 5. The Morgan fingerprint density at radius 3 is 2.73 bits per heavy atom. The van der Waals surface area contributed by atoms with Crippen molar-refractivity contribution in [3.63, 3.8) is 0 Å². The molecule has 1 saturated heterocycles. The van der Waals surface area contributed by atoms with Crippen LogP contribution in [0.5, 0.6) is 6.01 Å². The number of hydrogen-bond donors (Lipinski definition) is 1. The van der Waals surface area contributed by atoms with Crippen LogP contribution in [0.1, 0.15) is 57.7 Å². The maximum Gasteiger partial charge on any atom is 0.336 e. The molecule has 3 aromatic rings. The van der Waals surface area contributed by atoms with Crippen molar-refractivity contribution in [3.05, 3.63) is 35.3 Å². The summed E-state index contributed by atoms with van der Waals surface area (Å²) in [5.41, 5.74) is 9.77. The minimum absolute atomic E-state index is 0.149. The van der Waals surface area contributed by atoms with E-state index in [1.54, 1.807) is 10.7 Å². The summed E-state index contributed by atoms with van der Waals surface area (Å²) in [7, 11) is 4.32. The summed E-state index contributed by atoms with van der Waals surface area (Å²) >= 11 is 0. The Balaban J connectivity index is 1.51. The third-order valence-electron chi connectivity index (χ3n) is 6.31. The normalized spacial score (nSPS) is 16.4. The van der Waals surface area contributed by atoms with Crippen LogP contribution in [-0.2, 0) is 6.42 Å². The van der Waals surface area contributed by atoms with E-state index in [1.807, 2.05) is 6.20 Å². The molecule has 1 aliphatic heterocycles. The van der Waals surface area contributed by atoms with Crippen molar-refractivity contribution in [2.24, 2.45) is 0 Å². The molecule has 0 spiro atoms. The molecular formula is C24H36N8O. The van der Waals surface area contributed by atoms with E-state index in [4.69, 9.17) is 16.8 Å². The van der Waals surface area contributed by atoms with Gasteiger partial charge in [-0.3, -0.25) is 0 Å². The molecule has 0 aliphatic carbocycles. The summed E-state index contributed by atoms with van der Waals surface area (Å²) < 4.78 is 15.2. The van der Waals surface area contributed by atoms with E-state index in [1.165, 1.54) is 5.56 Å². The number of anilines is 2. The quantitative estimate of drug-likeness (QED) is 0.556. The summed E-state index contributed by atoms with van der Waals surface area (Å²) in [5.74, 6) is 1.33. The zero-order valence-corrected chi connectivity index (χ0v) is 20.2. The highest BCUT2D eigenvalue weighted by Gasteiger charge is 2.22. The molecule has 1 atom stereocenters. The molecular weight excluding hydrogens is 416 g/mol. The van der Waals surface area contributed by atoms with Gasteiger partial charge in [0.25, 0.3) is 0 Å². The molecule has 1 unspecified atom stereocenters. The van der Waals surface area contributed by atoms with E-state index >= 15 is 0 Å². The molecule has 0 bridgehead atoms. The van der Waals surface area contributed by atoms with Crippen LogP contribution in [0.4, 0.5) is 11.6 Å². The first-order chi connectivity index (χ1) is 16.4. The van der Waals surface area contributed by atoms with Crippen molar-refractivity contribution < 1.29 is 6.11 Å². The first kappa shape index (κ1) is 21.9. The number of fused-ring (bicyclic) bond motifs is 1. The second-order valence-corrected chi connectivity index (χ2v) is 9.14. The summed E-state index contributed by atoms with van der Waals surface area (Å²) in [6.45, 7) is 6.39. The molecule has 0 saturated carbocycles. The monoisotopic (exact) mass is 453 g/mol. The molecule has 1 aliphatic rings. The maximum absolute atomic E-state index is 7.69. The van der Waals surface area contributed by atoms with Crippen LogP contribution in [0.15, 0.2) is 18.5 Å². The minimum atomic E-state index is -0.254. The molecule has 0 amide bonds. The fraction of sp³-hybridized carbons (Fsp3) is 0.583. The Bertz CT molecular complexity index is 1110. The topological polar surface area (TPSA) is 97.7 Å². The zero-order valence-electron chi connectivity index (χ0n) is 21.2. The van der Waals surface area contributed by atoms with Gasteiger partial charge < -0.3 is 20.3 Å². The van der Waals surface area contributed by atoms with Gasteiger partial charge in [-0.2, -0.15) is 4.98 Å². The van der Waals surface area contributed by atoms with Gasteiger partial charge in [0.2, 0.25) is 0 Å². The molecule has 0 aromatic carbocycles. The van der Waals surface area contributed by atoms with Crippen molar-refractivity contribution in [1.82, 2.24) is 29.5 Å². The fourth-order valence-corrected chi connectivity index (χ4v) is 4.49. The zero-order chi connectivity index (χ0) is 24.2. The summed E-state index contributed by atoms with van der Waals surface area (Å²) in [6.07, 6.45) is 8.08. The van der Waals surface area contributed by atoms with E-state index in [0.717, 1.165) is 55.8 Å². The van der Waals surface area contributed by atoms with Crippen LogP contribution in [0, 0.1) is 6.92 Å². The second kappa shape index (κ2) is 9.91. The molecule has 33 heavy (non-hydrogen) atoms. The van der Waals surface area contributed by atoms with Gasteiger partial charge in [0.15, 0.2) is 11.5 Å². The van der Waals surface area contributed by atoms with Crippen molar-refractivity contribution in [2.45, 2.75) is 65.0 Å². The van der Waals surface area contributed by atoms with Gasteiger partial charge in [-0.25, -0.2) is 14.5 Å². The number of hydrogen-bond acceptors (Lipinski definition) is 8. The van der Waals surface area contributed by atoms with Crippen LogP contribution >= 0.6 is 0 Å². The lowest BCUT2D eigenvalue weighted by molar-refractivity contribution is 0.189. The van der Waals surface area contributed by atoms with Gasteiger partial charge in [0.05, 0.1) is 18.0 Å². The number of nitrogens with two attached hydrogens (primary N) is 1.